The number of hydrogen-bond donors (Lipinski definition) is 0. The maximum Gasteiger partial charge on any atom is 0.124 e. The summed E-state index contributed by atoms with van der Waals surface area (Å²) >= 11 is 0. The summed E-state index contributed by atoms with van der Waals surface area (Å²) < 4.78 is 0. The van der Waals surface area contributed by atoms with E-state index < -0.39 is 8.07 Å². The SMILES string of the molecule is CC(CCc1ccccc1)C(=O)[Si](C)(C)C. The van der Waals surface area contributed by atoms with Crippen molar-refractivity contribution in [3.05, 3.63) is 35.9 Å². The second kappa shape index (κ2) is 5.44. The molecule has 0 fully saturated rings. The second-order valence-corrected chi connectivity index (χ2v) is 10.5. The van der Waals surface area contributed by atoms with E-state index in [9.17, 15) is 4.79 Å². The van der Waals surface area contributed by atoms with Gasteiger partial charge in [-0.2, -0.15) is 0 Å². The first-order valence-electron chi connectivity index (χ1n) is 5.99. The third kappa shape index (κ3) is 3.93. The summed E-state index contributed by atoms with van der Waals surface area (Å²) in [5.41, 5.74) is 1.33. The summed E-state index contributed by atoms with van der Waals surface area (Å²) in [5.74, 6) is 0.215. The maximum atomic E-state index is 12.0. The van der Waals surface area contributed by atoms with Gasteiger partial charge in [0.25, 0.3) is 0 Å². The molecule has 1 rings (SSSR count). The Morgan fingerprint density at radius 1 is 1.19 bits per heavy atom. The molecule has 0 bridgehead atoms. The Kier molecular flexibility index (Phi) is 4.48. The lowest BCUT2D eigenvalue weighted by Crippen LogP contribution is -2.38. The first kappa shape index (κ1) is 13.2. The molecular formula is C14H22OSi. The van der Waals surface area contributed by atoms with Crippen LogP contribution < -0.4 is 0 Å². The highest BCUT2D eigenvalue weighted by molar-refractivity contribution is 7.03. The fourth-order valence-electron chi connectivity index (χ4n) is 1.90. The van der Waals surface area contributed by atoms with Crippen LogP contribution in [0.1, 0.15) is 18.9 Å². The Bertz CT molecular complexity index is 338. The van der Waals surface area contributed by atoms with Crippen molar-refractivity contribution in [2.45, 2.75) is 39.4 Å². The highest BCUT2D eigenvalue weighted by Crippen LogP contribution is 2.16. The van der Waals surface area contributed by atoms with Crippen LogP contribution in [-0.2, 0) is 11.2 Å². The number of benzene rings is 1. The van der Waals surface area contributed by atoms with Crippen LogP contribution in [0.3, 0.4) is 0 Å². The molecule has 1 unspecified atom stereocenters. The third-order valence-corrected chi connectivity index (χ3v) is 4.87. The van der Waals surface area contributed by atoms with Crippen molar-refractivity contribution in [1.29, 1.82) is 0 Å². The average molecular weight is 234 g/mol. The lowest BCUT2D eigenvalue weighted by molar-refractivity contribution is -0.115. The van der Waals surface area contributed by atoms with Gasteiger partial charge in [0.2, 0.25) is 0 Å². The molecule has 0 aliphatic carbocycles. The summed E-state index contributed by atoms with van der Waals surface area (Å²) in [6.45, 7) is 8.47. The molecular weight excluding hydrogens is 212 g/mol. The van der Waals surface area contributed by atoms with Crippen LogP contribution in [0.2, 0.25) is 19.6 Å². The van der Waals surface area contributed by atoms with Crippen molar-refractivity contribution in [3.63, 3.8) is 0 Å². The van der Waals surface area contributed by atoms with E-state index in [0.717, 1.165) is 12.8 Å². The predicted octanol–water partition coefficient (Wildman–Crippen LogP) is 3.70. The lowest BCUT2D eigenvalue weighted by Gasteiger charge is -2.19. The molecule has 2 heteroatoms. The molecule has 1 nitrogen and oxygen atoms in total. The number of aryl methyl sites for hydroxylation is 1. The molecule has 0 N–H and O–H groups in total. The lowest BCUT2D eigenvalue weighted by atomic mass is 10.0. The van der Waals surface area contributed by atoms with Gasteiger partial charge in [-0.1, -0.05) is 56.9 Å². The van der Waals surface area contributed by atoms with Gasteiger partial charge in [-0.15, -0.1) is 0 Å². The van der Waals surface area contributed by atoms with Gasteiger partial charge in [0.05, 0.1) is 0 Å². The first-order valence-corrected chi connectivity index (χ1v) is 9.49. The molecule has 1 aromatic rings. The van der Waals surface area contributed by atoms with Crippen molar-refractivity contribution >= 4 is 13.5 Å². The van der Waals surface area contributed by atoms with Crippen LogP contribution in [0, 0.1) is 5.92 Å². The summed E-state index contributed by atoms with van der Waals surface area (Å²) in [7, 11) is -1.60. The van der Waals surface area contributed by atoms with E-state index in [1.807, 2.05) is 6.07 Å². The van der Waals surface area contributed by atoms with Gasteiger partial charge >= 0.3 is 0 Å². The van der Waals surface area contributed by atoms with Crippen molar-refractivity contribution in [2.24, 2.45) is 5.92 Å². The first-order chi connectivity index (χ1) is 7.41. The monoisotopic (exact) mass is 234 g/mol. The van der Waals surface area contributed by atoms with Gasteiger partial charge in [0.15, 0.2) is 0 Å². The zero-order valence-electron chi connectivity index (χ0n) is 10.8. The van der Waals surface area contributed by atoms with Crippen LogP contribution in [-0.4, -0.2) is 13.5 Å². The van der Waals surface area contributed by atoms with E-state index in [2.05, 4.69) is 50.8 Å². The molecule has 0 aliphatic rings. The average Bonchev–Trinajstić information content (AvgIpc) is 2.25. The zero-order valence-corrected chi connectivity index (χ0v) is 11.8. The molecule has 16 heavy (non-hydrogen) atoms. The van der Waals surface area contributed by atoms with Gasteiger partial charge in [0, 0.05) is 5.92 Å². The Morgan fingerprint density at radius 2 is 1.75 bits per heavy atom. The zero-order chi connectivity index (χ0) is 12.2. The highest BCUT2D eigenvalue weighted by atomic mass is 28.3. The molecule has 0 saturated carbocycles. The molecule has 88 valence electrons. The Balaban J connectivity index is 2.48. The van der Waals surface area contributed by atoms with Crippen LogP contribution in [0.5, 0.6) is 0 Å². The molecule has 1 aromatic carbocycles. The standard InChI is InChI=1S/C14H22OSi/c1-12(14(15)16(2,3)4)10-11-13-8-6-5-7-9-13/h5-9,12H,10-11H2,1-4H3. The van der Waals surface area contributed by atoms with Gasteiger partial charge in [0.1, 0.15) is 13.5 Å². The summed E-state index contributed by atoms with van der Waals surface area (Å²) in [6.07, 6.45) is 1.99. The summed E-state index contributed by atoms with van der Waals surface area (Å²) in [6, 6.07) is 10.4. The minimum Gasteiger partial charge on any atom is -0.305 e. The smallest absolute Gasteiger partial charge is 0.124 e. The van der Waals surface area contributed by atoms with Gasteiger partial charge in [-0.05, 0) is 18.4 Å². The van der Waals surface area contributed by atoms with Crippen molar-refractivity contribution < 1.29 is 4.79 Å². The highest BCUT2D eigenvalue weighted by Gasteiger charge is 2.28. The Morgan fingerprint density at radius 3 is 2.25 bits per heavy atom. The number of carbonyl (C=O) groups is 1. The van der Waals surface area contributed by atoms with E-state index in [0.29, 0.717) is 5.41 Å². The van der Waals surface area contributed by atoms with E-state index in [4.69, 9.17) is 0 Å². The molecule has 0 spiro atoms. The van der Waals surface area contributed by atoms with Crippen LogP contribution in [0.25, 0.3) is 0 Å². The van der Waals surface area contributed by atoms with Crippen molar-refractivity contribution in [3.8, 4) is 0 Å². The predicted molar refractivity (Wildman–Crippen MR) is 72.3 cm³/mol. The largest absolute Gasteiger partial charge is 0.305 e. The molecule has 0 aromatic heterocycles. The quantitative estimate of drug-likeness (QED) is 0.710. The van der Waals surface area contributed by atoms with Crippen molar-refractivity contribution in [1.82, 2.24) is 0 Å². The molecule has 0 saturated heterocycles. The molecule has 0 amide bonds. The Labute approximate surface area is 99.9 Å². The third-order valence-electron chi connectivity index (χ3n) is 2.90. The second-order valence-electron chi connectivity index (χ2n) is 5.54. The fourth-order valence-corrected chi connectivity index (χ4v) is 3.52. The van der Waals surface area contributed by atoms with Crippen LogP contribution >= 0.6 is 0 Å². The molecule has 0 aliphatic heterocycles. The molecule has 1 atom stereocenters. The topological polar surface area (TPSA) is 17.1 Å². The Hall–Kier alpha value is -0.893. The van der Waals surface area contributed by atoms with E-state index in [1.165, 1.54) is 5.56 Å². The molecule has 0 radical (unpaired) electrons. The van der Waals surface area contributed by atoms with Crippen LogP contribution in [0.15, 0.2) is 30.3 Å². The fraction of sp³-hybridized carbons (Fsp3) is 0.500. The maximum absolute atomic E-state index is 12.0. The summed E-state index contributed by atoms with van der Waals surface area (Å²) in [5, 5.41) is 0.503. The minimum absolute atomic E-state index is 0.215. The van der Waals surface area contributed by atoms with Gasteiger partial charge < -0.3 is 4.79 Å². The number of carbonyl (C=O) groups excluding carboxylic acids is 1. The minimum atomic E-state index is -1.60. The number of rotatable bonds is 5. The number of hydrogen-bond acceptors (Lipinski definition) is 1. The van der Waals surface area contributed by atoms with Crippen LogP contribution in [0.4, 0.5) is 0 Å². The van der Waals surface area contributed by atoms with Crippen molar-refractivity contribution in [2.75, 3.05) is 0 Å². The van der Waals surface area contributed by atoms with E-state index in [-0.39, 0.29) is 5.92 Å². The normalized spacial score (nSPS) is 13.5. The summed E-state index contributed by atoms with van der Waals surface area (Å²) in [4.78, 5) is 12.0. The van der Waals surface area contributed by atoms with Gasteiger partial charge in [-0.3, -0.25) is 0 Å². The van der Waals surface area contributed by atoms with Gasteiger partial charge in [-0.25, -0.2) is 0 Å². The van der Waals surface area contributed by atoms with E-state index >= 15 is 0 Å². The molecule has 0 heterocycles. The van der Waals surface area contributed by atoms with E-state index in [1.54, 1.807) is 0 Å².